The van der Waals surface area contributed by atoms with Crippen molar-refractivity contribution in [2.24, 2.45) is 27.5 Å². The van der Waals surface area contributed by atoms with Crippen molar-refractivity contribution in [2.75, 3.05) is 0 Å². The van der Waals surface area contributed by atoms with Gasteiger partial charge in [0, 0.05) is 11.1 Å². The molecule has 0 aliphatic heterocycles. The van der Waals surface area contributed by atoms with Gasteiger partial charge in [0.25, 0.3) is 0 Å². The molecule has 2 aliphatic rings. The molecule has 0 amide bonds. The summed E-state index contributed by atoms with van der Waals surface area (Å²) in [6.07, 6.45) is 11.1. The van der Waals surface area contributed by atoms with Gasteiger partial charge in [-0.25, -0.2) is 5.01 Å². The minimum absolute atomic E-state index is 0.115. The molecule has 2 rings (SSSR count). The molecule has 2 saturated carbocycles. The molecule has 0 aromatic rings. The monoisotopic (exact) mass is 378 g/mol. The third-order valence-electron chi connectivity index (χ3n) is 7.54. The highest BCUT2D eigenvalue weighted by atomic mass is 15.5. The molecule has 2 nitrogen and oxygen atoms in total. The lowest BCUT2D eigenvalue weighted by atomic mass is 9.54. The number of hydrogen-bond donors (Lipinski definition) is 1. The van der Waals surface area contributed by atoms with Crippen LogP contribution in [0.4, 0.5) is 0 Å². The molecular weight excluding hydrogens is 328 g/mol. The Labute approximate surface area is 171 Å². The maximum absolute atomic E-state index is 7.31. The van der Waals surface area contributed by atoms with Crippen LogP contribution in [0.2, 0.25) is 0 Å². The van der Waals surface area contributed by atoms with Crippen molar-refractivity contribution in [2.45, 2.75) is 138 Å². The summed E-state index contributed by atoms with van der Waals surface area (Å²) in [6.45, 7) is 24.5. The molecule has 0 bridgehead atoms. The number of nitrogens with zero attached hydrogens (tertiary/aromatic N) is 1. The van der Waals surface area contributed by atoms with Crippen LogP contribution in [-0.4, -0.2) is 16.1 Å². The quantitative estimate of drug-likeness (QED) is 0.401. The van der Waals surface area contributed by atoms with Crippen molar-refractivity contribution >= 4 is 0 Å². The van der Waals surface area contributed by atoms with E-state index >= 15 is 0 Å². The van der Waals surface area contributed by atoms with E-state index in [2.05, 4.69) is 74.2 Å². The fraction of sp³-hybridized carbons (Fsp3) is 1.00. The van der Waals surface area contributed by atoms with Crippen LogP contribution in [0.25, 0.3) is 0 Å². The fourth-order valence-corrected chi connectivity index (χ4v) is 8.56. The topological polar surface area (TPSA) is 29.3 Å². The van der Waals surface area contributed by atoms with Crippen LogP contribution in [0.1, 0.15) is 127 Å². The number of rotatable bonds is 5. The normalized spacial score (nSPS) is 30.2. The molecule has 0 radical (unpaired) electrons. The van der Waals surface area contributed by atoms with Gasteiger partial charge in [-0.05, 0) is 73.0 Å². The van der Waals surface area contributed by atoms with Crippen molar-refractivity contribution in [3.8, 4) is 0 Å². The van der Waals surface area contributed by atoms with E-state index in [-0.39, 0.29) is 11.1 Å². The standard InChI is InChI=1S/C25H50N2/c1-11-13-25(18-22(7,8)15-23(9,10)19-25)27(26)24(12-2)16-20(3,4)14-21(5,6)17-24/h11-19,26H2,1-10H3. The lowest BCUT2D eigenvalue weighted by Crippen LogP contribution is -2.70. The highest BCUT2D eigenvalue weighted by Crippen LogP contribution is 2.59. The molecule has 2 N–H and O–H groups in total. The van der Waals surface area contributed by atoms with Crippen LogP contribution in [0.15, 0.2) is 0 Å². The Kier molecular flexibility index (Phi) is 6.02. The van der Waals surface area contributed by atoms with Gasteiger partial charge in [-0.1, -0.05) is 75.7 Å². The predicted molar refractivity (Wildman–Crippen MR) is 120 cm³/mol. The minimum atomic E-state index is 0.115. The Hall–Kier alpha value is -0.0800. The maximum atomic E-state index is 7.31. The van der Waals surface area contributed by atoms with E-state index in [9.17, 15) is 0 Å². The van der Waals surface area contributed by atoms with Crippen LogP contribution in [0, 0.1) is 21.7 Å². The summed E-state index contributed by atoms with van der Waals surface area (Å²) in [6, 6.07) is 0. The largest absolute Gasteiger partial charge is 0.268 e. The van der Waals surface area contributed by atoms with E-state index in [0.29, 0.717) is 21.7 Å². The Morgan fingerprint density at radius 1 is 0.593 bits per heavy atom. The van der Waals surface area contributed by atoms with Crippen molar-refractivity contribution in [3.05, 3.63) is 0 Å². The lowest BCUT2D eigenvalue weighted by Gasteiger charge is -2.63. The van der Waals surface area contributed by atoms with Gasteiger partial charge >= 0.3 is 0 Å². The molecule has 2 heteroatoms. The van der Waals surface area contributed by atoms with E-state index < -0.39 is 0 Å². The smallest absolute Gasteiger partial charge is 0.0368 e. The molecule has 0 aromatic carbocycles. The third-order valence-corrected chi connectivity index (χ3v) is 7.54. The first-order valence-electron chi connectivity index (χ1n) is 11.6. The van der Waals surface area contributed by atoms with Gasteiger partial charge in [0.05, 0.1) is 0 Å². The molecule has 2 fully saturated rings. The second-order valence-corrected chi connectivity index (χ2v) is 13.6. The average molecular weight is 379 g/mol. The van der Waals surface area contributed by atoms with E-state index in [0.717, 1.165) is 6.42 Å². The number of hydrogen-bond acceptors (Lipinski definition) is 2. The zero-order chi connectivity index (χ0) is 20.9. The van der Waals surface area contributed by atoms with Crippen molar-refractivity contribution in [1.29, 1.82) is 0 Å². The summed E-state index contributed by atoms with van der Waals surface area (Å²) in [7, 11) is 0. The number of hydrazine groups is 1. The molecule has 0 atom stereocenters. The van der Waals surface area contributed by atoms with Gasteiger partial charge in [-0.3, -0.25) is 5.84 Å². The molecule has 0 heterocycles. The Balaban J connectivity index is 2.52. The first-order chi connectivity index (χ1) is 12.0. The lowest BCUT2D eigenvalue weighted by molar-refractivity contribution is -0.147. The van der Waals surface area contributed by atoms with Gasteiger partial charge < -0.3 is 0 Å². The first kappa shape index (κ1) is 23.2. The van der Waals surface area contributed by atoms with Gasteiger partial charge in [0.15, 0.2) is 0 Å². The van der Waals surface area contributed by atoms with Crippen LogP contribution in [0.5, 0.6) is 0 Å². The molecule has 0 spiro atoms. The van der Waals surface area contributed by atoms with Crippen molar-refractivity contribution in [1.82, 2.24) is 5.01 Å². The van der Waals surface area contributed by atoms with Gasteiger partial charge in [0.2, 0.25) is 0 Å². The Bertz CT molecular complexity index is 494. The van der Waals surface area contributed by atoms with Gasteiger partial charge in [-0.2, -0.15) is 0 Å². The fourth-order valence-electron chi connectivity index (χ4n) is 8.56. The van der Waals surface area contributed by atoms with E-state index in [1.165, 1.54) is 51.4 Å². The summed E-state index contributed by atoms with van der Waals surface area (Å²) in [5, 5.41) is 2.47. The highest BCUT2D eigenvalue weighted by molar-refractivity contribution is 5.10. The SMILES string of the molecule is CCCC1(N(N)C2(CC)CC(C)(C)CC(C)(C)C2)CC(C)(C)CC(C)(C)C1. The van der Waals surface area contributed by atoms with Crippen LogP contribution in [-0.2, 0) is 0 Å². The second-order valence-electron chi connectivity index (χ2n) is 13.6. The summed E-state index contributed by atoms with van der Waals surface area (Å²) in [4.78, 5) is 0. The molecule has 27 heavy (non-hydrogen) atoms. The summed E-state index contributed by atoms with van der Waals surface area (Å²) in [5.41, 5.74) is 1.64. The maximum Gasteiger partial charge on any atom is 0.0368 e. The zero-order valence-corrected chi connectivity index (χ0v) is 20.4. The third kappa shape index (κ3) is 4.92. The van der Waals surface area contributed by atoms with Crippen LogP contribution < -0.4 is 5.84 Å². The molecular formula is C25H50N2. The predicted octanol–water partition coefficient (Wildman–Crippen LogP) is 7.32. The highest BCUT2D eigenvalue weighted by Gasteiger charge is 2.57. The molecule has 0 saturated heterocycles. The van der Waals surface area contributed by atoms with Crippen LogP contribution in [0.3, 0.4) is 0 Å². The molecule has 160 valence electrons. The van der Waals surface area contributed by atoms with Gasteiger partial charge in [0.1, 0.15) is 0 Å². The zero-order valence-electron chi connectivity index (χ0n) is 20.4. The van der Waals surface area contributed by atoms with Crippen LogP contribution >= 0.6 is 0 Å². The molecule has 2 aliphatic carbocycles. The Morgan fingerprint density at radius 3 is 1.22 bits per heavy atom. The summed E-state index contributed by atoms with van der Waals surface area (Å²) in [5.74, 6) is 7.31. The second kappa shape index (κ2) is 7.01. The average Bonchev–Trinajstić information content (AvgIpc) is 2.39. The van der Waals surface area contributed by atoms with Crippen molar-refractivity contribution < 1.29 is 0 Å². The van der Waals surface area contributed by atoms with Gasteiger partial charge in [-0.15, -0.1) is 0 Å². The molecule has 0 unspecified atom stereocenters. The van der Waals surface area contributed by atoms with E-state index in [1.54, 1.807) is 0 Å². The Morgan fingerprint density at radius 2 is 0.926 bits per heavy atom. The first-order valence-corrected chi connectivity index (χ1v) is 11.6. The van der Waals surface area contributed by atoms with E-state index in [1.807, 2.05) is 0 Å². The number of nitrogens with two attached hydrogens (primary N) is 1. The summed E-state index contributed by atoms with van der Waals surface area (Å²) >= 11 is 0. The molecule has 0 aromatic heterocycles. The van der Waals surface area contributed by atoms with E-state index in [4.69, 9.17) is 5.84 Å². The van der Waals surface area contributed by atoms with Crippen molar-refractivity contribution in [3.63, 3.8) is 0 Å². The minimum Gasteiger partial charge on any atom is -0.268 e. The summed E-state index contributed by atoms with van der Waals surface area (Å²) < 4.78 is 0.